The van der Waals surface area contributed by atoms with Crippen LogP contribution < -0.4 is 15.4 Å². The van der Waals surface area contributed by atoms with Crippen molar-refractivity contribution in [1.82, 2.24) is 10.6 Å². The number of para-hydroxylation sites is 1. The van der Waals surface area contributed by atoms with Crippen LogP contribution in [0.1, 0.15) is 39.5 Å². The lowest BCUT2D eigenvalue weighted by atomic mass is 9.93. The van der Waals surface area contributed by atoms with Gasteiger partial charge >= 0.3 is 0 Å². The van der Waals surface area contributed by atoms with Gasteiger partial charge in [-0.25, -0.2) is 0 Å². The van der Waals surface area contributed by atoms with Gasteiger partial charge in [0, 0.05) is 29.8 Å². The van der Waals surface area contributed by atoms with Gasteiger partial charge in [0.05, 0.1) is 13.2 Å². The van der Waals surface area contributed by atoms with Crippen molar-refractivity contribution in [2.75, 3.05) is 26.0 Å². The van der Waals surface area contributed by atoms with E-state index in [-0.39, 0.29) is 30.1 Å². The van der Waals surface area contributed by atoms with Gasteiger partial charge in [0.25, 0.3) is 0 Å². The summed E-state index contributed by atoms with van der Waals surface area (Å²) in [6, 6.07) is 8.55. The fourth-order valence-corrected chi connectivity index (χ4v) is 4.04. The molecule has 154 valence electrons. The van der Waals surface area contributed by atoms with Gasteiger partial charge in [0.15, 0.2) is 5.96 Å². The highest BCUT2D eigenvalue weighted by Gasteiger charge is 2.20. The fourth-order valence-electron chi connectivity index (χ4n) is 3.00. The van der Waals surface area contributed by atoms with E-state index < -0.39 is 0 Å². The number of nitrogens with zero attached hydrogens (tertiary/aromatic N) is 1. The van der Waals surface area contributed by atoms with Gasteiger partial charge < -0.3 is 20.5 Å². The predicted octanol–water partition coefficient (Wildman–Crippen LogP) is 3.90. The molecule has 3 N–H and O–H groups in total. The van der Waals surface area contributed by atoms with Crippen molar-refractivity contribution in [3.05, 3.63) is 24.3 Å². The molecule has 1 unspecified atom stereocenters. The lowest BCUT2D eigenvalue weighted by Crippen LogP contribution is -2.45. The van der Waals surface area contributed by atoms with E-state index in [1.807, 2.05) is 30.0 Å². The summed E-state index contributed by atoms with van der Waals surface area (Å²) >= 11 is 1.82. The summed E-state index contributed by atoms with van der Waals surface area (Å²) in [7, 11) is 1.71. The summed E-state index contributed by atoms with van der Waals surface area (Å²) in [5, 5.41) is 16.5. The lowest BCUT2D eigenvalue weighted by Gasteiger charge is -2.27. The summed E-state index contributed by atoms with van der Waals surface area (Å²) in [5.41, 5.74) is 0. The van der Waals surface area contributed by atoms with Crippen molar-refractivity contribution in [3.63, 3.8) is 0 Å². The highest BCUT2D eigenvalue weighted by molar-refractivity contribution is 14.0. The first kappa shape index (κ1) is 24.4. The van der Waals surface area contributed by atoms with Crippen LogP contribution in [-0.2, 0) is 0 Å². The van der Waals surface area contributed by atoms with Crippen molar-refractivity contribution in [3.8, 4) is 5.75 Å². The Morgan fingerprint density at radius 2 is 2.00 bits per heavy atom. The van der Waals surface area contributed by atoms with Crippen LogP contribution >= 0.6 is 35.7 Å². The predicted molar refractivity (Wildman–Crippen MR) is 126 cm³/mol. The van der Waals surface area contributed by atoms with E-state index in [0.29, 0.717) is 12.0 Å². The number of aliphatic hydroxyl groups is 1. The van der Waals surface area contributed by atoms with E-state index in [2.05, 4.69) is 30.5 Å². The SMILES string of the molecule is CCNC(=NCC(C)CSc1ccccc1OC)NC1CCC(O)CC1.I. The maximum absolute atomic E-state index is 9.65. The van der Waals surface area contributed by atoms with Gasteiger partial charge in [-0.05, 0) is 50.7 Å². The number of thioether (sulfide) groups is 1. The molecule has 0 heterocycles. The van der Waals surface area contributed by atoms with Crippen LogP contribution in [-0.4, -0.2) is 49.2 Å². The molecule has 0 radical (unpaired) electrons. The van der Waals surface area contributed by atoms with E-state index in [9.17, 15) is 5.11 Å². The number of rotatable bonds is 8. The highest BCUT2D eigenvalue weighted by Crippen LogP contribution is 2.30. The van der Waals surface area contributed by atoms with Gasteiger partial charge in [0.2, 0.25) is 0 Å². The minimum Gasteiger partial charge on any atom is -0.496 e. The third kappa shape index (κ3) is 8.91. The molecule has 0 bridgehead atoms. The Labute approximate surface area is 185 Å². The highest BCUT2D eigenvalue weighted by atomic mass is 127. The van der Waals surface area contributed by atoms with Gasteiger partial charge in [-0.15, -0.1) is 35.7 Å². The minimum atomic E-state index is -0.125. The first-order chi connectivity index (χ1) is 12.6. The summed E-state index contributed by atoms with van der Waals surface area (Å²) < 4.78 is 5.41. The zero-order chi connectivity index (χ0) is 18.8. The summed E-state index contributed by atoms with van der Waals surface area (Å²) in [6.45, 7) is 5.95. The first-order valence-corrected chi connectivity index (χ1v) is 10.6. The number of guanidine groups is 1. The molecule has 1 aromatic carbocycles. The van der Waals surface area contributed by atoms with Crippen molar-refractivity contribution >= 4 is 41.7 Å². The average Bonchev–Trinajstić information content (AvgIpc) is 2.66. The first-order valence-electron chi connectivity index (χ1n) is 9.61. The molecule has 7 heteroatoms. The Morgan fingerprint density at radius 3 is 2.67 bits per heavy atom. The zero-order valence-electron chi connectivity index (χ0n) is 16.6. The number of halogens is 1. The molecule has 0 spiro atoms. The largest absolute Gasteiger partial charge is 0.496 e. The summed E-state index contributed by atoms with van der Waals surface area (Å²) in [5.74, 6) is 3.29. The Morgan fingerprint density at radius 1 is 1.30 bits per heavy atom. The van der Waals surface area contributed by atoms with Gasteiger partial charge in [-0.1, -0.05) is 19.1 Å². The van der Waals surface area contributed by atoms with E-state index in [1.165, 1.54) is 4.90 Å². The lowest BCUT2D eigenvalue weighted by molar-refractivity contribution is 0.120. The van der Waals surface area contributed by atoms with Crippen molar-refractivity contribution in [1.29, 1.82) is 0 Å². The third-order valence-corrected chi connectivity index (χ3v) is 5.92. The standard InChI is InChI=1S/C20H33N3O2S.HI/c1-4-21-20(23-16-9-11-17(24)12-10-16)22-13-15(2)14-26-19-8-6-5-7-18(19)25-3;/h5-8,15-17,24H,4,9-14H2,1-3H3,(H2,21,22,23);1H. The molecule has 0 aromatic heterocycles. The number of aliphatic hydroxyl groups excluding tert-OH is 1. The van der Waals surface area contributed by atoms with Crippen molar-refractivity contribution < 1.29 is 9.84 Å². The molecule has 0 amide bonds. The second-order valence-corrected chi connectivity index (χ2v) is 8.00. The minimum absolute atomic E-state index is 0. The second kappa shape index (κ2) is 13.5. The number of methoxy groups -OCH3 is 1. The van der Waals surface area contributed by atoms with E-state index >= 15 is 0 Å². The quantitative estimate of drug-likeness (QED) is 0.216. The molecule has 1 fully saturated rings. The molecule has 1 aliphatic rings. The number of ether oxygens (including phenoxy) is 1. The van der Waals surface area contributed by atoms with Crippen molar-refractivity contribution in [2.24, 2.45) is 10.9 Å². The van der Waals surface area contributed by atoms with Crippen LogP contribution in [0.15, 0.2) is 34.2 Å². The topological polar surface area (TPSA) is 65.9 Å². The van der Waals surface area contributed by atoms with Crippen LogP contribution in [0.5, 0.6) is 5.75 Å². The average molecular weight is 507 g/mol. The maximum atomic E-state index is 9.65. The molecule has 1 aliphatic carbocycles. The van der Waals surface area contributed by atoms with Crippen LogP contribution in [0.3, 0.4) is 0 Å². The van der Waals surface area contributed by atoms with E-state index in [4.69, 9.17) is 9.73 Å². The molecule has 1 saturated carbocycles. The monoisotopic (exact) mass is 507 g/mol. The molecule has 0 saturated heterocycles. The second-order valence-electron chi connectivity index (χ2n) is 6.94. The number of aliphatic imine (C=N–C) groups is 1. The smallest absolute Gasteiger partial charge is 0.191 e. The molecular weight excluding hydrogens is 473 g/mol. The Hall–Kier alpha value is -0.670. The van der Waals surface area contributed by atoms with Gasteiger partial charge in [0.1, 0.15) is 5.75 Å². The van der Waals surface area contributed by atoms with E-state index in [0.717, 1.165) is 56.2 Å². The Kier molecular flexibility index (Phi) is 12.2. The number of hydrogen-bond donors (Lipinski definition) is 3. The maximum Gasteiger partial charge on any atom is 0.191 e. The molecule has 27 heavy (non-hydrogen) atoms. The Bertz CT molecular complexity index is 566. The number of hydrogen-bond acceptors (Lipinski definition) is 4. The summed E-state index contributed by atoms with van der Waals surface area (Å²) in [4.78, 5) is 5.95. The molecule has 2 rings (SSSR count). The molecule has 5 nitrogen and oxygen atoms in total. The number of benzene rings is 1. The van der Waals surface area contributed by atoms with Gasteiger partial charge in [-0.2, -0.15) is 0 Å². The third-order valence-electron chi connectivity index (χ3n) is 4.54. The van der Waals surface area contributed by atoms with Crippen LogP contribution in [0.4, 0.5) is 0 Å². The summed E-state index contributed by atoms with van der Waals surface area (Å²) in [6.07, 6.45) is 3.64. The Balaban J connectivity index is 0.00000364. The fraction of sp³-hybridized carbons (Fsp3) is 0.650. The normalized spacial score (nSPS) is 21.1. The molecule has 0 aliphatic heterocycles. The van der Waals surface area contributed by atoms with Gasteiger partial charge in [-0.3, -0.25) is 4.99 Å². The molecule has 1 aromatic rings. The van der Waals surface area contributed by atoms with E-state index in [1.54, 1.807) is 7.11 Å². The van der Waals surface area contributed by atoms with Crippen LogP contribution in [0.25, 0.3) is 0 Å². The van der Waals surface area contributed by atoms with Crippen LogP contribution in [0, 0.1) is 5.92 Å². The zero-order valence-corrected chi connectivity index (χ0v) is 19.8. The molecule has 1 atom stereocenters. The van der Waals surface area contributed by atoms with Crippen LogP contribution in [0.2, 0.25) is 0 Å². The molecular formula is C20H34IN3O2S. The van der Waals surface area contributed by atoms with Crippen molar-refractivity contribution in [2.45, 2.75) is 56.6 Å². The number of nitrogens with one attached hydrogen (secondary N) is 2.